The average molecular weight is 841 g/mol. The van der Waals surface area contributed by atoms with Crippen LogP contribution < -0.4 is 19.7 Å². The number of hydrogen-bond acceptors (Lipinski definition) is 4. The van der Waals surface area contributed by atoms with Gasteiger partial charge in [-0.3, -0.25) is 0 Å². The predicted octanol–water partition coefficient (Wildman–Crippen LogP) is 16.8. The molecule has 0 fully saturated rings. The number of anilines is 6. The molecule has 1 aliphatic heterocycles. The molecule has 306 valence electrons. The number of benzene rings is 10. The Morgan fingerprint density at radius 3 is 1.77 bits per heavy atom. The van der Waals surface area contributed by atoms with Crippen molar-refractivity contribution in [2.45, 2.75) is 19.6 Å². The Kier molecular flexibility index (Phi) is 8.82. The van der Waals surface area contributed by atoms with Crippen molar-refractivity contribution < 1.29 is 9.15 Å². The van der Waals surface area contributed by atoms with Gasteiger partial charge in [-0.15, -0.1) is 0 Å². The summed E-state index contributed by atoms with van der Waals surface area (Å²) < 4.78 is 13.4. The molecule has 1 aromatic heterocycles. The number of nitrogens with zero attached hydrogens (tertiary/aromatic N) is 2. The second kappa shape index (κ2) is 14.9. The molecule has 12 rings (SSSR count). The summed E-state index contributed by atoms with van der Waals surface area (Å²) in [6, 6.07) is 76.1. The van der Waals surface area contributed by atoms with Gasteiger partial charge in [0.15, 0.2) is 5.58 Å². The third kappa shape index (κ3) is 6.35. The lowest BCUT2D eigenvalue weighted by Crippen LogP contribution is -2.37. The topological polar surface area (TPSA) is 28.9 Å². The van der Waals surface area contributed by atoms with Crippen molar-refractivity contribution in [3.8, 4) is 33.8 Å². The molecule has 0 atom stereocenters. The van der Waals surface area contributed by atoms with E-state index in [-0.39, 0.29) is 0 Å². The van der Waals surface area contributed by atoms with E-state index in [0.717, 1.165) is 89.6 Å². The van der Waals surface area contributed by atoms with Gasteiger partial charge in [0.2, 0.25) is 0 Å². The molecule has 0 radical (unpaired) electrons. The molecule has 0 aliphatic carbocycles. The summed E-state index contributed by atoms with van der Waals surface area (Å²) in [5.41, 5.74) is 12.7. The minimum absolute atomic E-state index is 0.856. The van der Waals surface area contributed by atoms with Crippen LogP contribution in [0.5, 0.6) is 11.5 Å². The lowest BCUT2D eigenvalue weighted by atomic mass is 9.89. The van der Waals surface area contributed by atoms with Gasteiger partial charge in [0.25, 0.3) is 0 Å². The van der Waals surface area contributed by atoms with Crippen LogP contribution in [0.4, 0.5) is 34.1 Å². The molecule has 0 amide bonds. The number of para-hydroxylation sites is 4. The predicted molar refractivity (Wildman–Crippen MR) is 272 cm³/mol. The highest BCUT2D eigenvalue weighted by atomic mass is 28.3. The number of hydrogen-bond donors (Lipinski definition) is 0. The highest BCUT2D eigenvalue weighted by molar-refractivity contribution is 6.88. The summed E-state index contributed by atoms with van der Waals surface area (Å²) in [7, 11) is -1.45. The Balaban J connectivity index is 0.915. The average Bonchev–Trinajstić information content (AvgIpc) is 3.72. The second-order valence-electron chi connectivity index (χ2n) is 17.8. The Morgan fingerprint density at radius 1 is 0.391 bits per heavy atom. The first kappa shape index (κ1) is 37.9. The third-order valence-corrected chi connectivity index (χ3v) is 14.8. The van der Waals surface area contributed by atoms with Crippen LogP contribution in [0, 0.1) is 0 Å². The normalized spacial score (nSPS) is 12.1. The fraction of sp³-hybridized carbons (Fsp3) is 0.0508. The van der Waals surface area contributed by atoms with Gasteiger partial charge in [-0.25, -0.2) is 0 Å². The molecular weight excluding hydrogens is 797 g/mol. The van der Waals surface area contributed by atoms with Crippen molar-refractivity contribution >= 4 is 90.9 Å². The van der Waals surface area contributed by atoms with E-state index >= 15 is 0 Å². The van der Waals surface area contributed by atoms with Crippen molar-refractivity contribution in [3.63, 3.8) is 0 Å². The maximum absolute atomic E-state index is 6.86. The number of ether oxygens (including phenoxy) is 1. The van der Waals surface area contributed by atoms with Crippen LogP contribution in [0.3, 0.4) is 0 Å². The molecule has 64 heavy (non-hydrogen) atoms. The van der Waals surface area contributed by atoms with Crippen LogP contribution in [0.2, 0.25) is 19.6 Å². The van der Waals surface area contributed by atoms with Crippen molar-refractivity contribution in [1.29, 1.82) is 0 Å². The summed E-state index contributed by atoms with van der Waals surface area (Å²) in [4.78, 5) is 4.61. The van der Waals surface area contributed by atoms with Gasteiger partial charge in [0.05, 0.1) is 13.8 Å². The molecule has 1 aliphatic rings. The summed E-state index contributed by atoms with van der Waals surface area (Å²) in [5.74, 6) is 1.73. The highest BCUT2D eigenvalue weighted by Gasteiger charge is 2.25. The van der Waals surface area contributed by atoms with Gasteiger partial charge in [-0.2, -0.15) is 0 Å². The van der Waals surface area contributed by atoms with E-state index in [1.165, 1.54) is 26.9 Å². The Labute approximate surface area is 373 Å². The molecule has 0 saturated heterocycles. The quantitative estimate of drug-likeness (QED) is 0.113. The van der Waals surface area contributed by atoms with Crippen LogP contribution in [0.1, 0.15) is 0 Å². The molecule has 0 bridgehead atoms. The first-order valence-electron chi connectivity index (χ1n) is 22.0. The summed E-state index contributed by atoms with van der Waals surface area (Å²) in [6.45, 7) is 7.18. The minimum atomic E-state index is -1.45. The fourth-order valence-corrected chi connectivity index (χ4v) is 10.7. The SMILES string of the molecule is C[Si](C)(C)c1ccc(N(c2ccccc2)c2ccc3c(c2)Oc2cccc4c2c-3cc2ccc(-c3ccc(N(c5ccccc5)c5cccc6c5oc5ccccc56)cc3)cc24)cc1. The number of fused-ring (bicyclic) bond motifs is 7. The molecule has 11 aromatic rings. The largest absolute Gasteiger partial charge is 0.456 e. The third-order valence-electron chi connectivity index (χ3n) is 12.8. The first-order valence-corrected chi connectivity index (χ1v) is 25.5. The van der Waals surface area contributed by atoms with Crippen LogP contribution >= 0.6 is 0 Å². The Morgan fingerprint density at radius 2 is 1.00 bits per heavy atom. The van der Waals surface area contributed by atoms with Gasteiger partial charge in [0, 0.05) is 56.2 Å². The molecular formula is C59H44N2O2Si. The van der Waals surface area contributed by atoms with E-state index in [9.17, 15) is 0 Å². The highest BCUT2D eigenvalue weighted by Crippen LogP contribution is 2.51. The fourth-order valence-electron chi connectivity index (χ4n) is 9.58. The van der Waals surface area contributed by atoms with Gasteiger partial charge >= 0.3 is 0 Å². The van der Waals surface area contributed by atoms with E-state index in [2.05, 4.69) is 230 Å². The standard InChI is InChI=1S/C59H44N2O2Si/c1-64(2,3)47-33-30-44(31-34-47)60(42-14-6-4-7-15-42)46-32-35-49-53-37-41-25-24-40(36-52(41)50-19-13-23-56(58(50)53)62-57(49)38-46)39-26-28-45(29-27-39)61(43-16-8-5-9-17-43)54-21-12-20-51-48-18-10-11-22-55(48)63-59(51)54/h4-38H,1-3H3. The zero-order valence-electron chi connectivity index (χ0n) is 35.9. The van der Waals surface area contributed by atoms with Crippen molar-refractivity contribution in [1.82, 2.24) is 0 Å². The molecule has 5 heteroatoms. The summed E-state index contributed by atoms with van der Waals surface area (Å²) in [6.07, 6.45) is 0. The van der Waals surface area contributed by atoms with Gasteiger partial charge in [-0.05, 0) is 124 Å². The molecule has 0 N–H and O–H groups in total. The number of furan rings is 1. The smallest absolute Gasteiger partial charge is 0.159 e. The maximum atomic E-state index is 6.86. The van der Waals surface area contributed by atoms with E-state index in [1.54, 1.807) is 0 Å². The van der Waals surface area contributed by atoms with Gasteiger partial charge in [0.1, 0.15) is 17.1 Å². The van der Waals surface area contributed by atoms with E-state index < -0.39 is 8.07 Å². The van der Waals surface area contributed by atoms with Gasteiger partial charge < -0.3 is 19.0 Å². The molecule has 0 spiro atoms. The summed E-state index contributed by atoms with van der Waals surface area (Å²) >= 11 is 0. The lowest BCUT2D eigenvalue weighted by molar-refractivity contribution is 0.487. The lowest BCUT2D eigenvalue weighted by Gasteiger charge is -2.29. The number of rotatable bonds is 8. The van der Waals surface area contributed by atoms with Crippen LogP contribution in [0.25, 0.3) is 65.7 Å². The first-order chi connectivity index (χ1) is 31.4. The molecule has 10 aromatic carbocycles. The second-order valence-corrected chi connectivity index (χ2v) is 22.8. The molecule has 4 nitrogen and oxygen atoms in total. The minimum Gasteiger partial charge on any atom is -0.456 e. The Bertz CT molecular complexity index is 3560. The van der Waals surface area contributed by atoms with Crippen molar-refractivity contribution in [2.24, 2.45) is 0 Å². The van der Waals surface area contributed by atoms with Crippen LogP contribution in [0.15, 0.2) is 217 Å². The molecule has 0 unspecified atom stereocenters. The monoisotopic (exact) mass is 840 g/mol. The van der Waals surface area contributed by atoms with Gasteiger partial charge in [-0.1, -0.05) is 140 Å². The maximum Gasteiger partial charge on any atom is 0.159 e. The Hall–Kier alpha value is -7.86. The van der Waals surface area contributed by atoms with E-state index in [1.807, 2.05) is 12.1 Å². The molecule has 2 heterocycles. The zero-order valence-corrected chi connectivity index (χ0v) is 36.9. The van der Waals surface area contributed by atoms with Crippen LogP contribution in [-0.4, -0.2) is 8.07 Å². The van der Waals surface area contributed by atoms with E-state index in [4.69, 9.17) is 9.15 Å². The van der Waals surface area contributed by atoms with Crippen LogP contribution in [-0.2, 0) is 0 Å². The van der Waals surface area contributed by atoms with Crippen molar-refractivity contribution in [2.75, 3.05) is 9.80 Å². The van der Waals surface area contributed by atoms with E-state index in [0.29, 0.717) is 0 Å². The van der Waals surface area contributed by atoms with Crippen molar-refractivity contribution in [3.05, 3.63) is 212 Å². The summed E-state index contributed by atoms with van der Waals surface area (Å²) in [5, 5.41) is 8.38. The molecule has 0 saturated carbocycles. The zero-order chi connectivity index (χ0) is 42.9.